The highest BCUT2D eigenvalue weighted by molar-refractivity contribution is 5.92. The molecule has 0 N–H and O–H groups in total. The summed E-state index contributed by atoms with van der Waals surface area (Å²) in [4.78, 5) is 19.9. The Morgan fingerprint density at radius 3 is 1.08 bits per heavy atom. The predicted molar refractivity (Wildman–Crippen MR) is 212 cm³/mol. The van der Waals surface area contributed by atoms with Crippen LogP contribution in [0.15, 0.2) is 146 Å². The van der Waals surface area contributed by atoms with E-state index in [1.807, 2.05) is 48.8 Å². The SMILES string of the molecule is CC1(C)c2cc(-c3ccccn3)ccc2-c2ccc(-c3nc4ccccc4nc3-c3ccc4c(c3)C(C)(C)c3cc(-c5ccccn5)ccc3-4)cc21. The van der Waals surface area contributed by atoms with Crippen molar-refractivity contribution in [3.63, 3.8) is 0 Å². The number of hydrogen-bond acceptors (Lipinski definition) is 4. The van der Waals surface area contributed by atoms with Gasteiger partial charge in [0.05, 0.1) is 33.8 Å². The smallest absolute Gasteiger partial charge is 0.0973 e. The van der Waals surface area contributed by atoms with Crippen LogP contribution in [0, 0.1) is 0 Å². The molecule has 3 heterocycles. The number of fused-ring (bicyclic) bond motifs is 7. The number of aromatic nitrogens is 4. The first kappa shape index (κ1) is 30.6. The van der Waals surface area contributed by atoms with Crippen molar-refractivity contribution in [1.82, 2.24) is 19.9 Å². The molecule has 0 unspecified atom stereocenters. The summed E-state index contributed by atoms with van der Waals surface area (Å²) in [5.74, 6) is 0. The van der Waals surface area contributed by atoms with Gasteiger partial charge in [-0.1, -0.05) is 100 Å². The zero-order chi connectivity index (χ0) is 35.2. The molecule has 2 aliphatic rings. The van der Waals surface area contributed by atoms with Crippen LogP contribution in [-0.4, -0.2) is 19.9 Å². The quantitative estimate of drug-likeness (QED) is 0.187. The first-order valence-electron chi connectivity index (χ1n) is 18.0. The van der Waals surface area contributed by atoms with Gasteiger partial charge in [-0.15, -0.1) is 0 Å². The molecule has 4 nitrogen and oxygen atoms in total. The van der Waals surface area contributed by atoms with Gasteiger partial charge in [-0.05, 0) is 105 Å². The minimum absolute atomic E-state index is 0.201. The van der Waals surface area contributed by atoms with Crippen LogP contribution < -0.4 is 0 Å². The number of rotatable bonds is 4. The molecule has 8 aromatic rings. The molecule has 52 heavy (non-hydrogen) atoms. The van der Waals surface area contributed by atoms with Crippen LogP contribution >= 0.6 is 0 Å². The van der Waals surface area contributed by atoms with Crippen molar-refractivity contribution < 1.29 is 0 Å². The monoisotopic (exact) mass is 668 g/mol. The third-order valence-corrected chi connectivity index (χ3v) is 11.4. The van der Waals surface area contributed by atoms with E-state index in [1.54, 1.807) is 0 Å². The maximum Gasteiger partial charge on any atom is 0.0973 e. The van der Waals surface area contributed by atoms with E-state index in [-0.39, 0.29) is 10.8 Å². The lowest BCUT2D eigenvalue weighted by atomic mass is 9.80. The van der Waals surface area contributed by atoms with Crippen molar-refractivity contribution in [2.24, 2.45) is 0 Å². The molecule has 10 rings (SSSR count). The average molecular weight is 669 g/mol. The van der Waals surface area contributed by atoms with Gasteiger partial charge in [-0.3, -0.25) is 9.97 Å². The van der Waals surface area contributed by atoms with Crippen molar-refractivity contribution >= 4 is 11.0 Å². The van der Waals surface area contributed by atoms with E-state index in [0.29, 0.717) is 0 Å². The number of nitrogens with zero attached hydrogens (tertiary/aromatic N) is 4. The van der Waals surface area contributed by atoms with E-state index in [0.717, 1.165) is 56.1 Å². The molecule has 0 amide bonds. The Balaban J connectivity index is 1.10. The number of para-hydroxylation sites is 2. The van der Waals surface area contributed by atoms with E-state index < -0.39 is 0 Å². The van der Waals surface area contributed by atoms with Gasteiger partial charge in [0.1, 0.15) is 0 Å². The highest BCUT2D eigenvalue weighted by Crippen LogP contribution is 2.53. The fraction of sp³-hybridized carbons (Fsp3) is 0.125. The van der Waals surface area contributed by atoms with Crippen molar-refractivity contribution in [2.75, 3.05) is 0 Å². The summed E-state index contributed by atoms with van der Waals surface area (Å²) in [6, 6.07) is 47.6. The van der Waals surface area contributed by atoms with Crippen molar-refractivity contribution in [1.29, 1.82) is 0 Å². The van der Waals surface area contributed by atoms with E-state index in [9.17, 15) is 0 Å². The summed E-state index contributed by atoms with van der Waals surface area (Å²) < 4.78 is 0. The minimum Gasteiger partial charge on any atom is -0.256 e. The number of benzene rings is 5. The zero-order valence-corrected chi connectivity index (χ0v) is 29.6. The van der Waals surface area contributed by atoms with Crippen LogP contribution in [0.1, 0.15) is 49.9 Å². The molecule has 0 atom stereocenters. The summed E-state index contributed by atoms with van der Waals surface area (Å²) in [6.07, 6.45) is 3.72. The normalized spacial score (nSPS) is 14.5. The second kappa shape index (κ2) is 11.1. The van der Waals surface area contributed by atoms with Crippen molar-refractivity contribution in [3.05, 3.63) is 168 Å². The summed E-state index contributed by atoms with van der Waals surface area (Å²) in [6.45, 7) is 9.32. The fourth-order valence-corrected chi connectivity index (χ4v) is 8.56. The largest absolute Gasteiger partial charge is 0.256 e. The van der Waals surface area contributed by atoms with Crippen LogP contribution in [0.4, 0.5) is 0 Å². The molecule has 4 heteroatoms. The fourth-order valence-electron chi connectivity index (χ4n) is 8.56. The lowest BCUT2D eigenvalue weighted by molar-refractivity contribution is 0.660. The van der Waals surface area contributed by atoms with Crippen LogP contribution in [0.5, 0.6) is 0 Å². The Morgan fingerprint density at radius 1 is 0.365 bits per heavy atom. The molecule has 0 spiro atoms. The zero-order valence-electron chi connectivity index (χ0n) is 29.6. The van der Waals surface area contributed by atoms with E-state index in [4.69, 9.17) is 9.97 Å². The van der Waals surface area contributed by atoms with Gasteiger partial charge in [0.2, 0.25) is 0 Å². The highest BCUT2D eigenvalue weighted by atomic mass is 14.8. The molecule has 0 bridgehead atoms. The van der Waals surface area contributed by atoms with Crippen molar-refractivity contribution in [2.45, 2.75) is 38.5 Å². The van der Waals surface area contributed by atoms with Crippen molar-refractivity contribution in [3.8, 4) is 67.3 Å². The Labute approximate surface area is 304 Å². The molecular weight excluding hydrogens is 633 g/mol. The molecular formula is C48H36N4. The maximum absolute atomic E-state index is 5.33. The topological polar surface area (TPSA) is 51.6 Å². The van der Waals surface area contributed by atoms with Gasteiger partial charge in [0.25, 0.3) is 0 Å². The van der Waals surface area contributed by atoms with Gasteiger partial charge in [0.15, 0.2) is 0 Å². The van der Waals surface area contributed by atoms with Gasteiger partial charge < -0.3 is 0 Å². The van der Waals surface area contributed by atoms with E-state index in [2.05, 4.69) is 135 Å². The maximum atomic E-state index is 5.33. The molecule has 3 aromatic heterocycles. The lowest BCUT2D eigenvalue weighted by Gasteiger charge is -2.23. The number of hydrogen-bond donors (Lipinski definition) is 0. The highest BCUT2D eigenvalue weighted by Gasteiger charge is 2.38. The van der Waals surface area contributed by atoms with Crippen LogP contribution in [-0.2, 0) is 10.8 Å². The molecule has 0 saturated carbocycles. The Bertz CT molecular complexity index is 2540. The summed E-state index contributed by atoms with van der Waals surface area (Å²) in [5, 5.41) is 0. The Hall–Kier alpha value is -6.26. The van der Waals surface area contributed by atoms with Gasteiger partial charge in [0, 0.05) is 45.5 Å². The molecule has 0 radical (unpaired) electrons. The van der Waals surface area contributed by atoms with Gasteiger partial charge >= 0.3 is 0 Å². The standard InChI is InChI=1S/C48H36N4/c1-47(2)37-25-29(41-11-7-9-23-49-41)15-19-33(37)35-21-17-31(27-39(35)47)45-46(52-44-14-6-5-13-43(44)51-45)32-18-22-36-34-20-16-30(42-12-8-10-24-50-42)26-38(34)48(3,4)40(36)28-32/h5-28H,1-4H3. The second-order valence-electron chi connectivity index (χ2n) is 15.1. The summed E-state index contributed by atoms with van der Waals surface area (Å²) >= 11 is 0. The average Bonchev–Trinajstić information content (AvgIpc) is 3.56. The molecule has 5 aromatic carbocycles. The van der Waals surface area contributed by atoms with Crippen LogP contribution in [0.25, 0.3) is 78.3 Å². The van der Waals surface area contributed by atoms with E-state index in [1.165, 1.54) is 44.5 Å². The molecule has 0 fully saturated rings. The van der Waals surface area contributed by atoms with Gasteiger partial charge in [-0.2, -0.15) is 0 Å². The first-order valence-corrected chi connectivity index (χ1v) is 18.0. The third kappa shape index (κ3) is 4.53. The second-order valence-corrected chi connectivity index (χ2v) is 15.1. The molecule has 0 aliphatic heterocycles. The molecule has 2 aliphatic carbocycles. The van der Waals surface area contributed by atoms with E-state index >= 15 is 0 Å². The van der Waals surface area contributed by atoms with Crippen LogP contribution in [0.2, 0.25) is 0 Å². The third-order valence-electron chi connectivity index (χ3n) is 11.4. The summed E-state index contributed by atoms with van der Waals surface area (Å²) in [7, 11) is 0. The predicted octanol–water partition coefficient (Wildman–Crippen LogP) is 11.7. The molecule has 248 valence electrons. The minimum atomic E-state index is -0.201. The number of pyridine rings is 2. The van der Waals surface area contributed by atoms with Gasteiger partial charge in [-0.25, -0.2) is 9.97 Å². The Kier molecular flexibility index (Phi) is 6.53. The molecule has 0 saturated heterocycles. The van der Waals surface area contributed by atoms with Crippen LogP contribution in [0.3, 0.4) is 0 Å². The summed E-state index contributed by atoms with van der Waals surface area (Å²) in [5.41, 5.74) is 19.9. The first-order chi connectivity index (χ1) is 25.3. The lowest BCUT2D eigenvalue weighted by Crippen LogP contribution is -2.15. The Morgan fingerprint density at radius 2 is 0.712 bits per heavy atom.